The van der Waals surface area contributed by atoms with E-state index in [1.54, 1.807) is 0 Å². The van der Waals surface area contributed by atoms with Crippen molar-refractivity contribution in [2.45, 2.75) is 0 Å². The first-order chi connectivity index (χ1) is 4.33. The van der Waals surface area contributed by atoms with Gasteiger partial charge in [-0.1, -0.05) is 0 Å². The largest absolute Gasteiger partial charge is 0.489 e. The molecule has 0 aliphatic heterocycles. The van der Waals surface area contributed by atoms with Crippen LogP contribution in [0.3, 0.4) is 0 Å². The molecule has 0 spiro atoms. The van der Waals surface area contributed by atoms with Gasteiger partial charge in [0.25, 0.3) is 0 Å². The molecule has 1 nitrogen and oxygen atoms in total. The van der Waals surface area contributed by atoms with Crippen LogP contribution in [0, 0.1) is 17.9 Å². The second-order valence-corrected chi connectivity index (χ2v) is 1.50. The Kier molecular flexibility index (Phi) is 1.55. The van der Waals surface area contributed by atoms with Crippen molar-refractivity contribution in [2.75, 3.05) is 7.11 Å². The zero-order chi connectivity index (χ0) is 6.69. The minimum atomic E-state index is -0.421. The number of methoxy groups -OCH3 is 1. The minimum Gasteiger partial charge on any atom is -0.489 e. The lowest BCUT2D eigenvalue weighted by Gasteiger charge is -1.90. The first-order valence-electron chi connectivity index (χ1n) is 2.46. The second kappa shape index (κ2) is 2.36. The second-order valence-electron chi connectivity index (χ2n) is 1.50. The molecule has 0 fully saturated rings. The molecule has 0 N–H and O–H groups in total. The average molecular weight is 124 g/mol. The molecule has 0 bridgehead atoms. The standard InChI is InChI=1S/C7H5FO/c1-9-7-4-2-6(8)3-5-7/h2,4H,1H3. The predicted octanol–water partition coefficient (Wildman–Crippen LogP) is 1.43. The molecule has 0 heterocycles. The van der Waals surface area contributed by atoms with Crippen molar-refractivity contribution < 1.29 is 9.13 Å². The van der Waals surface area contributed by atoms with Gasteiger partial charge in [0.1, 0.15) is 0 Å². The van der Waals surface area contributed by atoms with Crippen LogP contribution in [0.25, 0.3) is 0 Å². The van der Waals surface area contributed by atoms with Gasteiger partial charge < -0.3 is 4.74 Å². The fourth-order valence-corrected chi connectivity index (χ4v) is 0.473. The fourth-order valence-electron chi connectivity index (χ4n) is 0.473. The smallest absolute Gasteiger partial charge is 0.173 e. The lowest BCUT2D eigenvalue weighted by Crippen LogP contribution is -1.79. The predicted molar refractivity (Wildman–Crippen MR) is 30.6 cm³/mol. The first kappa shape index (κ1) is 5.90. The highest BCUT2D eigenvalue weighted by molar-refractivity contribution is 5.14. The van der Waals surface area contributed by atoms with E-state index >= 15 is 0 Å². The molecule has 0 radical (unpaired) electrons. The minimum absolute atomic E-state index is 0.421. The number of hydrogen-bond acceptors (Lipinski definition) is 1. The zero-order valence-electron chi connectivity index (χ0n) is 4.94. The van der Waals surface area contributed by atoms with Gasteiger partial charge in [0.2, 0.25) is 0 Å². The van der Waals surface area contributed by atoms with Crippen molar-refractivity contribution in [1.29, 1.82) is 0 Å². The van der Waals surface area contributed by atoms with E-state index in [0.717, 1.165) is 0 Å². The first-order valence-corrected chi connectivity index (χ1v) is 2.46. The summed E-state index contributed by atoms with van der Waals surface area (Å²) in [6.07, 6.45) is 0. The quantitative estimate of drug-likeness (QED) is 0.550. The van der Waals surface area contributed by atoms with E-state index in [-0.39, 0.29) is 0 Å². The molecule has 46 valence electrons. The van der Waals surface area contributed by atoms with E-state index in [9.17, 15) is 4.39 Å². The molecule has 1 aromatic carbocycles. The summed E-state index contributed by atoms with van der Waals surface area (Å²) in [7, 11) is 1.50. The number of halogens is 1. The lowest BCUT2D eigenvalue weighted by atomic mass is 10.4. The molecule has 0 aliphatic rings. The highest BCUT2D eigenvalue weighted by Crippen LogP contribution is 2.03. The highest BCUT2D eigenvalue weighted by Gasteiger charge is 1.86. The molecule has 2 heteroatoms. The highest BCUT2D eigenvalue weighted by atomic mass is 19.1. The van der Waals surface area contributed by atoms with Gasteiger partial charge in [0.15, 0.2) is 11.6 Å². The molecule has 0 aromatic heterocycles. The SMILES string of the molecule is COc1c#cc(F)cc1. The van der Waals surface area contributed by atoms with Crippen LogP contribution in [-0.4, -0.2) is 7.11 Å². The van der Waals surface area contributed by atoms with E-state index in [2.05, 4.69) is 12.1 Å². The van der Waals surface area contributed by atoms with Crippen molar-refractivity contribution in [3.63, 3.8) is 0 Å². The molecule has 0 unspecified atom stereocenters. The normalized spacial score (nSPS) is 8.22. The Morgan fingerprint density at radius 2 is 2.22 bits per heavy atom. The van der Waals surface area contributed by atoms with Gasteiger partial charge in [-0.2, -0.15) is 4.39 Å². The van der Waals surface area contributed by atoms with E-state index in [1.807, 2.05) is 0 Å². The van der Waals surface area contributed by atoms with E-state index in [0.29, 0.717) is 5.75 Å². The van der Waals surface area contributed by atoms with Crippen molar-refractivity contribution in [3.05, 3.63) is 30.1 Å². The van der Waals surface area contributed by atoms with E-state index in [4.69, 9.17) is 4.74 Å². The molecule has 0 amide bonds. The monoisotopic (exact) mass is 124 g/mol. The zero-order valence-corrected chi connectivity index (χ0v) is 4.94. The van der Waals surface area contributed by atoms with E-state index < -0.39 is 5.82 Å². The molecule has 0 saturated carbocycles. The molecule has 1 aromatic rings. The van der Waals surface area contributed by atoms with Crippen molar-refractivity contribution >= 4 is 0 Å². The van der Waals surface area contributed by atoms with Crippen LogP contribution >= 0.6 is 0 Å². The summed E-state index contributed by atoms with van der Waals surface area (Å²) in [6.45, 7) is 0. The molecule has 0 aliphatic carbocycles. The Hall–Kier alpha value is -1.23. The molecule has 9 heavy (non-hydrogen) atoms. The van der Waals surface area contributed by atoms with Gasteiger partial charge in [-0.25, -0.2) is 0 Å². The molecular weight excluding hydrogens is 119 g/mol. The average Bonchev–Trinajstić information content (AvgIpc) is 1.90. The summed E-state index contributed by atoms with van der Waals surface area (Å²) in [5.41, 5.74) is 0. The van der Waals surface area contributed by atoms with Gasteiger partial charge in [0, 0.05) is 0 Å². The fraction of sp³-hybridized carbons (Fsp3) is 0.143. The third kappa shape index (κ3) is 1.33. The van der Waals surface area contributed by atoms with Crippen LogP contribution in [0.15, 0.2) is 12.1 Å². The topological polar surface area (TPSA) is 9.23 Å². The summed E-state index contributed by atoms with van der Waals surface area (Å²) < 4.78 is 16.8. The van der Waals surface area contributed by atoms with Crippen LogP contribution in [0.5, 0.6) is 5.75 Å². The van der Waals surface area contributed by atoms with Crippen molar-refractivity contribution in [3.8, 4) is 5.75 Å². The van der Waals surface area contributed by atoms with Crippen LogP contribution in [0.4, 0.5) is 4.39 Å². The van der Waals surface area contributed by atoms with Crippen LogP contribution in [-0.2, 0) is 0 Å². The molecule has 0 saturated heterocycles. The number of hydrogen-bond donors (Lipinski definition) is 0. The third-order valence-electron chi connectivity index (χ3n) is 0.906. The van der Waals surface area contributed by atoms with Gasteiger partial charge in [-0.05, 0) is 24.3 Å². The summed E-state index contributed by atoms with van der Waals surface area (Å²) in [6, 6.07) is 7.46. The summed E-state index contributed by atoms with van der Waals surface area (Å²) >= 11 is 0. The Morgan fingerprint density at radius 1 is 1.44 bits per heavy atom. The molecule has 0 atom stereocenters. The molecular formula is C7H5FO. The Balaban J connectivity index is 2.88. The van der Waals surface area contributed by atoms with Crippen LogP contribution in [0.1, 0.15) is 0 Å². The summed E-state index contributed by atoms with van der Waals surface area (Å²) in [5.74, 6) is 0.0761. The summed E-state index contributed by atoms with van der Waals surface area (Å²) in [5, 5.41) is 0. The Morgan fingerprint density at radius 3 is 2.67 bits per heavy atom. The van der Waals surface area contributed by atoms with Crippen molar-refractivity contribution in [2.24, 2.45) is 0 Å². The van der Waals surface area contributed by atoms with E-state index in [1.165, 1.54) is 19.2 Å². The maximum absolute atomic E-state index is 12.1. The van der Waals surface area contributed by atoms with Gasteiger partial charge in [0.05, 0.1) is 7.11 Å². The Labute approximate surface area is 53.1 Å². The number of rotatable bonds is 1. The maximum Gasteiger partial charge on any atom is 0.173 e. The van der Waals surface area contributed by atoms with Gasteiger partial charge in [-0.15, -0.1) is 0 Å². The van der Waals surface area contributed by atoms with Crippen molar-refractivity contribution in [1.82, 2.24) is 0 Å². The van der Waals surface area contributed by atoms with Crippen LogP contribution in [0.2, 0.25) is 0 Å². The van der Waals surface area contributed by atoms with Gasteiger partial charge in [-0.3, -0.25) is 0 Å². The maximum atomic E-state index is 12.1. The van der Waals surface area contributed by atoms with Crippen LogP contribution < -0.4 is 4.74 Å². The number of ether oxygens (including phenoxy) is 1. The third-order valence-corrected chi connectivity index (χ3v) is 0.906. The van der Waals surface area contributed by atoms with Gasteiger partial charge >= 0.3 is 0 Å². The lowest BCUT2D eigenvalue weighted by molar-refractivity contribution is 0.414. The Bertz CT molecular complexity index is 181. The summed E-state index contributed by atoms with van der Waals surface area (Å²) in [4.78, 5) is 0. The molecule has 1 rings (SSSR count).